The lowest BCUT2D eigenvalue weighted by Crippen LogP contribution is -2.03. The van der Waals surface area contributed by atoms with E-state index in [0.717, 1.165) is 88.4 Å². The number of hydrogen-bond donors (Lipinski definition) is 0. The van der Waals surface area contributed by atoms with E-state index in [1.165, 1.54) is 0 Å². The molecule has 0 spiro atoms. The fourth-order valence-corrected chi connectivity index (χ4v) is 9.78. The lowest BCUT2D eigenvalue weighted by atomic mass is 10.0. The van der Waals surface area contributed by atoms with Gasteiger partial charge in [0.25, 0.3) is 0 Å². The van der Waals surface area contributed by atoms with E-state index in [4.69, 9.17) is 49.8 Å². The molecule has 14 aromatic rings. The maximum atomic E-state index is 4.87. The highest BCUT2D eigenvalue weighted by molar-refractivity contribution is 6.12. The summed E-state index contributed by atoms with van der Waals surface area (Å²) < 4.78 is 4.43. The van der Waals surface area contributed by atoms with Crippen molar-refractivity contribution < 1.29 is 0 Å². The minimum atomic E-state index is 0.397. The molecule has 0 saturated heterocycles. The van der Waals surface area contributed by atoms with Gasteiger partial charge in [-0.15, -0.1) is 0 Å². The first-order chi connectivity index (χ1) is 36.7. The molecule has 0 amide bonds. The van der Waals surface area contributed by atoms with Crippen LogP contribution in [0.15, 0.2) is 231 Å². The molecule has 346 valence electrons. The van der Waals surface area contributed by atoms with Crippen molar-refractivity contribution in [2.24, 2.45) is 0 Å². The normalized spacial score (nSPS) is 11.5. The molecule has 6 aromatic heterocycles. The summed E-state index contributed by atoms with van der Waals surface area (Å²) in [4.78, 5) is 48.6. The molecule has 0 aliphatic carbocycles. The van der Waals surface area contributed by atoms with Gasteiger partial charge in [-0.1, -0.05) is 170 Å². The number of fused-ring (bicyclic) bond motifs is 6. The minimum absolute atomic E-state index is 0.397. The molecule has 0 N–H and O–H groups in total. The van der Waals surface area contributed by atoms with Crippen molar-refractivity contribution in [3.05, 3.63) is 231 Å². The van der Waals surface area contributed by atoms with Gasteiger partial charge >= 0.3 is 0 Å². The average molecular weight is 951 g/mol. The highest BCUT2D eigenvalue weighted by atomic mass is 15.1. The number of benzene rings is 8. The number of rotatable bonds is 9. The second kappa shape index (κ2) is 17.7. The number of aromatic nitrogens is 12. The molecule has 0 aliphatic rings. The van der Waals surface area contributed by atoms with Crippen LogP contribution in [0, 0.1) is 0 Å². The molecular formula is C62H38N12. The monoisotopic (exact) mass is 950 g/mol. The van der Waals surface area contributed by atoms with E-state index < -0.39 is 0 Å². The summed E-state index contributed by atoms with van der Waals surface area (Å²) >= 11 is 0. The van der Waals surface area contributed by atoms with Crippen LogP contribution in [0.5, 0.6) is 0 Å². The van der Waals surface area contributed by atoms with Gasteiger partial charge in [-0.3, -0.25) is 0 Å². The lowest BCUT2D eigenvalue weighted by molar-refractivity contribution is 1.01. The van der Waals surface area contributed by atoms with Crippen molar-refractivity contribution in [2.45, 2.75) is 0 Å². The molecule has 14 rings (SSSR count). The number of nitrogens with zero attached hydrogens (tertiary/aromatic N) is 12. The van der Waals surface area contributed by atoms with Crippen LogP contribution < -0.4 is 0 Å². The molecule has 0 atom stereocenters. The Labute approximate surface area is 423 Å². The molecule has 0 fully saturated rings. The van der Waals surface area contributed by atoms with Crippen molar-refractivity contribution in [2.75, 3.05) is 0 Å². The average Bonchev–Trinajstić information content (AvgIpc) is 4.02. The maximum Gasteiger partial charge on any atom is 0.201 e. The van der Waals surface area contributed by atoms with Gasteiger partial charge in [-0.2, -0.15) is 0 Å². The first kappa shape index (κ1) is 42.4. The Kier molecular flexibility index (Phi) is 10.2. The van der Waals surface area contributed by atoms with Crippen LogP contribution in [-0.2, 0) is 0 Å². The molecule has 0 bridgehead atoms. The molecule has 12 nitrogen and oxygen atoms in total. The molecule has 0 radical (unpaired) electrons. The summed E-state index contributed by atoms with van der Waals surface area (Å²) in [6, 6.07) is 69.8. The SMILES string of the molecule is c1ccc(-c2nc(-c3ccccc3)nc(-c3ncc(-n4c5ccccc5c5cc(-c6ccc7c(c6)c6ccccc6n7-c6cnc(-c7nc(-c8ccccc8)nc(-c8ccccc8)n7)nc6)ccc54)cn3)n2)cc1. The second-order valence-electron chi connectivity index (χ2n) is 17.8. The Morgan fingerprint density at radius 3 is 0.838 bits per heavy atom. The summed E-state index contributed by atoms with van der Waals surface area (Å²) in [5, 5.41) is 4.47. The third-order valence-electron chi connectivity index (χ3n) is 13.3. The van der Waals surface area contributed by atoms with E-state index in [9.17, 15) is 0 Å². The van der Waals surface area contributed by atoms with Crippen LogP contribution >= 0.6 is 0 Å². The first-order valence-corrected chi connectivity index (χ1v) is 24.1. The largest absolute Gasteiger partial charge is 0.306 e. The van der Waals surface area contributed by atoms with Crippen LogP contribution in [-0.4, -0.2) is 59.0 Å². The zero-order chi connectivity index (χ0) is 49.0. The minimum Gasteiger partial charge on any atom is -0.306 e. The molecule has 12 heteroatoms. The Morgan fingerprint density at radius 1 is 0.216 bits per heavy atom. The summed E-state index contributed by atoms with van der Waals surface area (Å²) in [6.45, 7) is 0. The van der Waals surface area contributed by atoms with Gasteiger partial charge in [0.2, 0.25) is 11.6 Å². The van der Waals surface area contributed by atoms with Gasteiger partial charge in [0.05, 0.1) is 58.2 Å². The third-order valence-corrected chi connectivity index (χ3v) is 13.3. The highest BCUT2D eigenvalue weighted by Gasteiger charge is 2.20. The van der Waals surface area contributed by atoms with Crippen molar-refractivity contribution >= 4 is 43.6 Å². The van der Waals surface area contributed by atoms with Crippen LogP contribution in [0.4, 0.5) is 0 Å². The van der Waals surface area contributed by atoms with Gasteiger partial charge in [0, 0.05) is 43.8 Å². The first-order valence-electron chi connectivity index (χ1n) is 24.1. The van der Waals surface area contributed by atoms with E-state index in [1.807, 2.05) is 146 Å². The van der Waals surface area contributed by atoms with Crippen LogP contribution in [0.25, 0.3) is 135 Å². The molecular weight excluding hydrogens is 913 g/mol. The maximum absolute atomic E-state index is 4.87. The van der Waals surface area contributed by atoms with E-state index in [0.29, 0.717) is 46.6 Å². The number of para-hydroxylation sites is 2. The van der Waals surface area contributed by atoms with Crippen LogP contribution in [0.3, 0.4) is 0 Å². The predicted octanol–water partition coefficient (Wildman–Crippen LogP) is 13.5. The van der Waals surface area contributed by atoms with Crippen LogP contribution in [0.2, 0.25) is 0 Å². The molecule has 6 heterocycles. The Hall–Kier alpha value is -10.5. The zero-order valence-electron chi connectivity index (χ0n) is 39.3. The van der Waals surface area contributed by atoms with Gasteiger partial charge < -0.3 is 9.13 Å². The molecule has 0 saturated carbocycles. The van der Waals surface area contributed by atoms with Gasteiger partial charge in [0.15, 0.2) is 34.9 Å². The summed E-state index contributed by atoms with van der Waals surface area (Å²) in [5.74, 6) is 3.83. The molecule has 0 unspecified atom stereocenters. The summed E-state index contributed by atoms with van der Waals surface area (Å²) in [5.41, 5.74) is 11.5. The second-order valence-corrected chi connectivity index (χ2v) is 17.8. The molecule has 74 heavy (non-hydrogen) atoms. The van der Waals surface area contributed by atoms with Crippen LogP contribution in [0.1, 0.15) is 0 Å². The van der Waals surface area contributed by atoms with E-state index >= 15 is 0 Å². The van der Waals surface area contributed by atoms with Crippen molar-refractivity contribution in [3.63, 3.8) is 0 Å². The highest BCUT2D eigenvalue weighted by Crippen LogP contribution is 2.38. The van der Waals surface area contributed by atoms with Crippen molar-refractivity contribution in [1.82, 2.24) is 59.0 Å². The molecule has 8 aromatic carbocycles. The molecule has 0 aliphatic heterocycles. The van der Waals surface area contributed by atoms with E-state index in [-0.39, 0.29) is 0 Å². The standard InChI is InChI=1S/C62H38N12/c1-5-17-39(18-6-1)55-67-56(40-19-7-2-8-20-40)70-61(69-55)59-63-35-45(36-64-59)73-51-27-15-13-25-47(51)49-33-43(29-31-53(49)73)44-30-32-54-50(34-44)48-26-14-16-28-52(48)74(54)46-37-65-60(66-38-46)62-71-57(41-21-9-3-10-22-41)68-58(72-62)42-23-11-4-12-24-42/h1-38H. The third kappa shape index (κ3) is 7.49. The fourth-order valence-electron chi connectivity index (χ4n) is 9.78. The van der Waals surface area contributed by atoms with Crippen molar-refractivity contribution in [3.8, 4) is 91.4 Å². The smallest absolute Gasteiger partial charge is 0.201 e. The zero-order valence-corrected chi connectivity index (χ0v) is 39.3. The number of hydrogen-bond acceptors (Lipinski definition) is 10. The van der Waals surface area contributed by atoms with E-state index in [2.05, 4.69) is 94.1 Å². The predicted molar refractivity (Wildman–Crippen MR) is 291 cm³/mol. The quantitative estimate of drug-likeness (QED) is 0.137. The topological polar surface area (TPSA) is 139 Å². The summed E-state index contributed by atoms with van der Waals surface area (Å²) in [7, 11) is 0. The fraction of sp³-hybridized carbons (Fsp3) is 0. The van der Waals surface area contributed by atoms with Gasteiger partial charge in [-0.05, 0) is 47.5 Å². The summed E-state index contributed by atoms with van der Waals surface area (Å²) in [6.07, 6.45) is 7.37. The lowest BCUT2D eigenvalue weighted by Gasteiger charge is -2.10. The Balaban J connectivity index is 0.814. The van der Waals surface area contributed by atoms with E-state index in [1.54, 1.807) is 0 Å². The Bertz CT molecular complexity index is 3990. The Morgan fingerprint density at radius 2 is 0.500 bits per heavy atom. The van der Waals surface area contributed by atoms with Crippen molar-refractivity contribution in [1.29, 1.82) is 0 Å². The van der Waals surface area contributed by atoms with Gasteiger partial charge in [-0.25, -0.2) is 49.8 Å². The van der Waals surface area contributed by atoms with Gasteiger partial charge in [0.1, 0.15) is 0 Å².